The first kappa shape index (κ1) is 12.8. The number of rotatable bonds is 1. The minimum absolute atomic E-state index is 0.462. The maximum Gasteiger partial charge on any atom is 0.237 e. The van der Waals surface area contributed by atoms with Gasteiger partial charge in [-0.25, -0.2) is 15.0 Å². The number of anilines is 1. The number of hydrogen-bond donors (Lipinski definition) is 1. The van der Waals surface area contributed by atoms with Crippen molar-refractivity contribution in [2.24, 2.45) is 0 Å². The third-order valence-electron chi connectivity index (χ3n) is 3.26. The van der Waals surface area contributed by atoms with Crippen molar-refractivity contribution in [2.45, 2.75) is 20.8 Å². The fraction of sp³-hybridized carbons (Fsp3) is 0.231. The van der Waals surface area contributed by atoms with Crippen molar-refractivity contribution < 1.29 is 0 Å². The SMILES string of the molecule is Cc1nc(-n2c(C)nc3ncc(Cl)cc32)nc(N)c1C. The Kier molecular flexibility index (Phi) is 2.83. The lowest BCUT2D eigenvalue weighted by molar-refractivity contribution is 0.888. The number of aryl methyl sites for hydroxylation is 2. The fourth-order valence-corrected chi connectivity index (χ4v) is 2.19. The Morgan fingerprint density at radius 1 is 1.15 bits per heavy atom. The van der Waals surface area contributed by atoms with Crippen LogP contribution in [0.1, 0.15) is 17.1 Å². The van der Waals surface area contributed by atoms with Gasteiger partial charge in [0.15, 0.2) is 5.65 Å². The smallest absolute Gasteiger partial charge is 0.237 e. The van der Waals surface area contributed by atoms with Crippen molar-refractivity contribution in [3.8, 4) is 5.95 Å². The summed E-state index contributed by atoms with van der Waals surface area (Å²) < 4.78 is 1.80. The minimum atomic E-state index is 0.462. The minimum Gasteiger partial charge on any atom is -0.383 e. The first-order valence-corrected chi connectivity index (χ1v) is 6.47. The van der Waals surface area contributed by atoms with E-state index in [1.54, 1.807) is 16.8 Å². The molecule has 0 spiro atoms. The van der Waals surface area contributed by atoms with Crippen molar-refractivity contribution in [1.82, 2.24) is 24.5 Å². The summed E-state index contributed by atoms with van der Waals surface area (Å²) in [6, 6.07) is 1.79. The molecule has 0 bridgehead atoms. The third kappa shape index (κ3) is 1.89. The van der Waals surface area contributed by atoms with Gasteiger partial charge in [0.25, 0.3) is 0 Å². The molecule has 20 heavy (non-hydrogen) atoms. The highest BCUT2D eigenvalue weighted by Gasteiger charge is 2.15. The van der Waals surface area contributed by atoms with E-state index in [1.165, 1.54) is 0 Å². The molecular formula is C13H13ClN6. The van der Waals surface area contributed by atoms with E-state index in [2.05, 4.69) is 19.9 Å². The maximum atomic E-state index is 6.01. The van der Waals surface area contributed by atoms with Crippen molar-refractivity contribution in [3.63, 3.8) is 0 Å². The van der Waals surface area contributed by atoms with Crippen LogP contribution >= 0.6 is 11.6 Å². The Labute approximate surface area is 120 Å². The molecule has 0 aromatic carbocycles. The van der Waals surface area contributed by atoms with E-state index < -0.39 is 0 Å². The molecule has 2 N–H and O–H groups in total. The van der Waals surface area contributed by atoms with Gasteiger partial charge in [-0.15, -0.1) is 0 Å². The molecule has 0 amide bonds. The van der Waals surface area contributed by atoms with E-state index in [4.69, 9.17) is 17.3 Å². The lowest BCUT2D eigenvalue weighted by Gasteiger charge is -2.09. The van der Waals surface area contributed by atoms with Gasteiger partial charge in [0.2, 0.25) is 5.95 Å². The van der Waals surface area contributed by atoms with Crippen molar-refractivity contribution in [3.05, 3.63) is 34.4 Å². The first-order chi connectivity index (χ1) is 9.47. The molecule has 0 atom stereocenters. The van der Waals surface area contributed by atoms with Crippen LogP contribution in [0.25, 0.3) is 17.1 Å². The van der Waals surface area contributed by atoms with Gasteiger partial charge < -0.3 is 5.73 Å². The fourth-order valence-electron chi connectivity index (χ4n) is 2.04. The molecule has 102 valence electrons. The molecule has 0 unspecified atom stereocenters. The summed E-state index contributed by atoms with van der Waals surface area (Å²) in [6.07, 6.45) is 1.57. The van der Waals surface area contributed by atoms with E-state index in [-0.39, 0.29) is 0 Å². The number of nitrogens with two attached hydrogens (primary N) is 1. The van der Waals surface area contributed by atoms with Gasteiger partial charge in [-0.3, -0.25) is 4.57 Å². The van der Waals surface area contributed by atoms with E-state index in [9.17, 15) is 0 Å². The number of nitrogen functional groups attached to an aromatic ring is 1. The molecule has 0 radical (unpaired) electrons. The first-order valence-electron chi connectivity index (χ1n) is 6.09. The average Bonchev–Trinajstić information content (AvgIpc) is 2.70. The second kappa shape index (κ2) is 4.42. The summed E-state index contributed by atoms with van der Waals surface area (Å²) in [7, 11) is 0. The van der Waals surface area contributed by atoms with Crippen LogP contribution in [-0.2, 0) is 0 Å². The van der Waals surface area contributed by atoms with Gasteiger partial charge in [0.1, 0.15) is 11.6 Å². The van der Waals surface area contributed by atoms with Gasteiger partial charge in [-0.2, -0.15) is 4.98 Å². The van der Waals surface area contributed by atoms with E-state index in [1.807, 2.05) is 20.8 Å². The number of aromatic nitrogens is 5. The maximum absolute atomic E-state index is 6.01. The second-order valence-electron chi connectivity index (χ2n) is 4.61. The molecule has 0 saturated carbocycles. The lowest BCUT2D eigenvalue weighted by atomic mass is 10.2. The van der Waals surface area contributed by atoms with E-state index >= 15 is 0 Å². The Balaban J connectivity index is 2.34. The lowest BCUT2D eigenvalue weighted by Crippen LogP contribution is -2.08. The van der Waals surface area contributed by atoms with Crippen LogP contribution in [0.15, 0.2) is 12.3 Å². The zero-order chi connectivity index (χ0) is 14.4. The van der Waals surface area contributed by atoms with E-state index in [0.717, 1.165) is 22.6 Å². The molecule has 3 rings (SSSR count). The zero-order valence-corrected chi connectivity index (χ0v) is 12.1. The number of halogens is 1. The summed E-state index contributed by atoms with van der Waals surface area (Å²) >= 11 is 6.01. The van der Waals surface area contributed by atoms with Crippen LogP contribution in [0, 0.1) is 20.8 Å². The van der Waals surface area contributed by atoms with Crippen molar-refractivity contribution >= 4 is 28.6 Å². The van der Waals surface area contributed by atoms with Crippen molar-refractivity contribution in [2.75, 3.05) is 5.73 Å². The van der Waals surface area contributed by atoms with Crippen LogP contribution in [0.2, 0.25) is 5.02 Å². The molecule has 3 aromatic heterocycles. The molecule has 0 fully saturated rings. The zero-order valence-electron chi connectivity index (χ0n) is 11.3. The monoisotopic (exact) mass is 288 g/mol. The van der Waals surface area contributed by atoms with Crippen LogP contribution < -0.4 is 5.73 Å². The Bertz CT molecular complexity index is 800. The number of hydrogen-bond acceptors (Lipinski definition) is 5. The summed E-state index contributed by atoms with van der Waals surface area (Å²) in [5.41, 5.74) is 9.01. The van der Waals surface area contributed by atoms with Gasteiger partial charge in [-0.05, 0) is 26.8 Å². The molecule has 0 aliphatic carbocycles. The summed E-state index contributed by atoms with van der Waals surface area (Å²) in [5, 5.41) is 0.537. The second-order valence-corrected chi connectivity index (χ2v) is 5.05. The summed E-state index contributed by atoms with van der Waals surface area (Å²) in [6.45, 7) is 5.66. The number of imidazole rings is 1. The molecule has 3 heterocycles. The van der Waals surface area contributed by atoms with E-state index in [0.29, 0.717) is 22.4 Å². The summed E-state index contributed by atoms with van der Waals surface area (Å²) in [5.74, 6) is 1.68. The van der Waals surface area contributed by atoms with Gasteiger partial charge in [0, 0.05) is 17.5 Å². The quantitative estimate of drug-likeness (QED) is 0.743. The Morgan fingerprint density at radius 2 is 1.90 bits per heavy atom. The highest BCUT2D eigenvalue weighted by Crippen LogP contribution is 2.22. The third-order valence-corrected chi connectivity index (χ3v) is 3.47. The highest BCUT2D eigenvalue weighted by atomic mass is 35.5. The van der Waals surface area contributed by atoms with Gasteiger partial charge in [0.05, 0.1) is 10.5 Å². The van der Waals surface area contributed by atoms with Crippen LogP contribution in [0.3, 0.4) is 0 Å². The molecule has 0 aliphatic heterocycles. The van der Waals surface area contributed by atoms with Crippen molar-refractivity contribution in [1.29, 1.82) is 0 Å². The molecule has 3 aromatic rings. The van der Waals surface area contributed by atoms with Gasteiger partial charge >= 0.3 is 0 Å². The normalized spacial score (nSPS) is 11.2. The topological polar surface area (TPSA) is 82.5 Å². The summed E-state index contributed by atoms with van der Waals surface area (Å²) in [4.78, 5) is 17.4. The predicted molar refractivity (Wildman–Crippen MR) is 78.1 cm³/mol. The number of nitrogens with zero attached hydrogens (tertiary/aromatic N) is 5. The molecule has 7 heteroatoms. The van der Waals surface area contributed by atoms with Crippen LogP contribution in [-0.4, -0.2) is 24.5 Å². The standard InChI is InChI=1S/C13H13ClN6/c1-6-7(2)17-13(19-11(6)15)20-8(3)18-12-10(20)4-9(14)5-16-12/h4-5H,1-3H3,(H2,15,17,19). The molecule has 6 nitrogen and oxygen atoms in total. The predicted octanol–water partition coefficient (Wildman–Crippen LogP) is 2.37. The number of fused-ring (bicyclic) bond motifs is 1. The molecular weight excluding hydrogens is 276 g/mol. The number of pyridine rings is 1. The molecule has 0 saturated heterocycles. The van der Waals surface area contributed by atoms with Crippen LogP contribution in [0.5, 0.6) is 0 Å². The average molecular weight is 289 g/mol. The van der Waals surface area contributed by atoms with Gasteiger partial charge in [-0.1, -0.05) is 11.6 Å². The van der Waals surface area contributed by atoms with Crippen LogP contribution in [0.4, 0.5) is 5.82 Å². The largest absolute Gasteiger partial charge is 0.383 e. The Morgan fingerprint density at radius 3 is 2.60 bits per heavy atom. The highest BCUT2D eigenvalue weighted by molar-refractivity contribution is 6.31. The Hall–Kier alpha value is -2.21. The molecule has 0 aliphatic rings.